The van der Waals surface area contributed by atoms with Gasteiger partial charge in [0.1, 0.15) is 5.82 Å². The molecule has 2 aliphatic carbocycles. The SMILES string of the molecule is CC(C)[C@H](N)C(=O)N[C@H]1CC[C@H](Nc2cc(NC3CC3)c3ncc(C(=O)Nc4ccnc(F)c4)n3n2)CC1. The Morgan fingerprint density at radius 1 is 1.03 bits per heavy atom. The van der Waals surface area contributed by atoms with Gasteiger partial charge in [-0.15, -0.1) is 5.10 Å². The number of halogens is 1. The largest absolute Gasteiger partial charge is 0.379 e. The van der Waals surface area contributed by atoms with E-state index in [0.29, 0.717) is 23.2 Å². The molecule has 0 bridgehead atoms. The predicted molar refractivity (Wildman–Crippen MR) is 142 cm³/mol. The highest BCUT2D eigenvalue weighted by Gasteiger charge is 2.27. The summed E-state index contributed by atoms with van der Waals surface area (Å²) in [6, 6.07) is 4.74. The Hall–Kier alpha value is -3.80. The normalized spacial score (nSPS) is 20.2. The maximum atomic E-state index is 13.5. The van der Waals surface area contributed by atoms with Crippen LogP contribution in [0.1, 0.15) is 62.9 Å². The second-order valence-corrected chi connectivity index (χ2v) is 10.5. The zero-order valence-electron chi connectivity index (χ0n) is 21.6. The first-order valence-electron chi connectivity index (χ1n) is 13.2. The number of amides is 2. The van der Waals surface area contributed by atoms with E-state index < -0.39 is 17.9 Å². The number of rotatable bonds is 9. The van der Waals surface area contributed by atoms with Gasteiger partial charge in [0.2, 0.25) is 11.9 Å². The van der Waals surface area contributed by atoms with Crippen LogP contribution in [0.4, 0.5) is 21.6 Å². The maximum absolute atomic E-state index is 13.5. The van der Waals surface area contributed by atoms with Crippen LogP contribution in [0.15, 0.2) is 30.6 Å². The van der Waals surface area contributed by atoms with Gasteiger partial charge in [0.05, 0.1) is 17.9 Å². The summed E-state index contributed by atoms with van der Waals surface area (Å²) in [5.74, 6) is -0.523. The minimum absolute atomic E-state index is 0.0912. The topological polar surface area (TPSA) is 151 Å². The number of anilines is 3. The van der Waals surface area contributed by atoms with E-state index in [1.54, 1.807) is 0 Å². The lowest BCUT2D eigenvalue weighted by Crippen LogP contribution is -2.49. The summed E-state index contributed by atoms with van der Waals surface area (Å²) < 4.78 is 15.0. The Morgan fingerprint density at radius 3 is 2.39 bits per heavy atom. The molecule has 202 valence electrons. The van der Waals surface area contributed by atoms with Gasteiger partial charge in [0.15, 0.2) is 11.3 Å². The number of nitrogens with zero attached hydrogens (tertiary/aromatic N) is 4. The molecule has 0 saturated heterocycles. The van der Waals surface area contributed by atoms with E-state index >= 15 is 0 Å². The van der Waals surface area contributed by atoms with Crippen LogP contribution in [0.5, 0.6) is 0 Å². The smallest absolute Gasteiger partial charge is 0.276 e. The van der Waals surface area contributed by atoms with Gasteiger partial charge in [-0.25, -0.2) is 14.5 Å². The molecule has 2 saturated carbocycles. The molecule has 2 amide bonds. The van der Waals surface area contributed by atoms with Crippen molar-refractivity contribution < 1.29 is 14.0 Å². The van der Waals surface area contributed by atoms with E-state index in [-0.39, 0.29) is 29.6 Å². The van der Waals surface area contributed by atoms with Crippen molar-refractivity contribution in [2.45, 2.75) is 76.5 Å². The molecule has 0 spiro atoms. The van der Waals surface area contributed by atoms with Gasteiger partial charge in [0, 0.05) is 42.1 Å². The van der Waals surface area contributed by atoms with E-state index in [1.807, 2.05) is 19.9 Å². The van der Waals surface area contributed by atoms with Crippen molar-refractivity contribution in [2.24, 2.45) is 11.7 Å². The molecule has 3 aromatic heterocycles. The van der Waals surface area contributed by atoms with Crippen LogP contribution in [-0.4, -0.2) is 55.6 Å². The van der Waals surface area contributed by atoms with Crippen molar-refractivity contribution in [2.75, 3.05) is 16.0 Å². The van der Waals surface area contributed by atoms with E-state index in [9.17, 15) is 14.0 Å². The molecule has 0 aromatic carbocycles. The second-order valence-electron chi connectivity index (χ2n) is 10.5. The molecule has 2 fully saturated rings. The van der Waals surface area contributed by atoms with Crippen molar-refractivity contribution >= 4 is 34.7 Å². The number of imidazole rings is 1. The molecule has 3 aromatic rings. The molecule has 6 N–H and O–H groups in total. The molecule has 1 atom stereocenters. The fourth-order valence-electron chi connectivity index (χ4n) is 4.61. The number of hydrogen-bond donors (Lipinski definition) is 5. The molecule has 0 radical (unpaired) electrons. The number of hydrogen-bond acceptors (Lipinski definition) is 8. The summed E-state index contributed by atoms with van der Waals surface area (Å²) in [6.07, 6.45) is 8.30. The number of fused-ring (bicyclic) bond motifs is 1. The fraction of sp³-hybridized carbons (Fsp3) is 0.500. The van der Waals surface area contributed by atoms with Gasteiger partial charge in [-0.2, -0.15) is 4.39 Å². The molecule has 3 heterocycles. The van der Waals surface area contributed by atoms with Crippen molar-refractivity contribution in [3.05, 3.63) is 42.2 Å². The standard InChI is InChI=1S/C26H34FN9O2/c1-14(2)23(28)26(38)33-17-7-5-16(6-8-17)32-22-12-19(31-15-3-4-15)24-30-13-20(36(24)35-22)25(37)34-18-9-10-29-21(27)11-18/h9-17,23,31H,3-8,28H2,1-2H3,(H,32,35)(H,33,38)(H,29,34,37)/t16-,17-,23-/m0/s1. The van der Waals surface area contributed by atoms with E-state index in [4.69, 9.17) is 5.73 Å². The Balaban J connectivity index is 1.30. The molecular formula is C26H34FN9O2. The Morgan fingerprint density at radius 2 is 1.71 bits per heavy atom. The summed E-state index contributed by atoms with van der Waals surface area (Å²) in [6.45, 7) is 3.88. The van der Waals surface area contributed by atoms with Crippen molar-refractivity contribution in [1.82, 2.24) is 24.9 Å². The lowest BCUT2D eigenvalue weighted by Gasteiger charge is -2.31. The molecule has 2 aliphatic rings. The third-order valence-corrected chi connectivity index (χ3v) is 7.07. The van der Waals surface area contributed by atoms with Gasteiger partial charge >= 0.3 is 0 Å². The number of nitrogens with one attached hydrogen (secondary N) is 4. The fourth-order valence-corrected chi connectivity index (χ4v) is 4.61. The third-order valence-electron chi connectivity index (χ3n) is 7.07. The Labute approximate surface area is 220 Å². The first kappa shape index (κ1) is 25.8. The maximum Gasteiger partial charge on any atom is 0.276 e. The molecule has 11 nitrogen and oxygen atoms in total. The lowest BCUT2D eigenvalue weighted by atomic mass is 9.90. The first-order valence-corrected chi connectivity index (χ1v) is 13.2. The average Bonchev–Trinajstić information content (AvgIpc) is 3.59. The van der Waals surface area contributed by atoms with Gasteiger partial charge in [-0.1, -0.05) is 13.8 Å². The summed E-state index contributed by atoms with van der Waals surface area (Å²) in [5.41, 5.74) is 7.84. The van der Waals surface area contributed by atoms with Gasteiger partial charge in [-0.05, 0) is 50.5 Å². The molecular weight excluding hydrogens is 489 g/mol. The summed E-state index contributed by atoms with van der Waals surface area (Å²) in [5, 5.41) is 17.4. The van der Waals surface area contributed by atoms with Crippen LogP contribution in [0.25, 0.3) is 5.65 Å². The highest BCUT2D eigenvalue weighted by atomic mass is 19.1. The zero-order chi connectivity index (χ0) is 26.8. The zero-order valence-corrected chi connectivity index (χ0v) is 21.6. The van der Waals surface area contributed by atoms with Crippen LogP contribution in [0.2, 0.25) is 0 Å². The van der Waals surface area contributed by atoms with Crippen molar-refractivity contribution in [3.8, 4) is 0 Å². The minimum atomic E-state index is -0.682. The van der Waals surface area contributed by atoms with Crippen molar-refractivity contribution in [1.29, 1.82) is 0 Å². The number of pyridine rings is 1. The second kappa shape index (κ2) is 10.9. The van der Waals surface area contributed by atoms with Crippen LogP contribution in [-0.2, 0) is 4.79 Å². The van der Waals surface area contributed by atoms with Crippen LogP contribution in [0, 0.1) is 11.9 Å². The molecule has 0 unspecified atom stereocenters. The predicted octanol–water partition coefficient (Wildman–Crippen LogP) is 2.91. The Bertz CT molecular complexity index is 1320. The van der Waals surface area contributed by atoms with Gasteiger partial charge < -0.3 is 27.0 Å². The van der Waals surface area contributed by atoms with Gasteiger partial charge in [-0.3, -0.25) is 9.59 Å². The van der Waals surface area contributed by atoms with E-state index in [2.05, 4.69) is 36.3 Å². The summed E-state index contributed by atoms with van der Waals surface area (Å²) in [7, 11) is 0. The van der Waals surface area contributed by atoms with Crippen LogP contribution in [0.3, 0.4) is 0 Å². The molecule has 38 heavy (non-hydrogen) atoms. The van der Waals surface area contributed by atoms with Gasteiger partial charge in [0.25, 0.3) is 5.91 Å². The molecule has 12 heteroatoms. The van der Waals surface area contributed by atoms with Crippen LogP contribution < -0.4 is 27.0 Å². The summed E-state index contributed by atoms with van der Waals surface area (Å²) in [4.78, 5) is 33.3. The highest BCUT2D eigenvalue weighted by molar-refractivity contribution is 6.03. The number of carbonyl (C=O) groups is 2. The molecule has 5 rings (SSSR count). The Kier molecular flexibility index (Phi) is 7.41. The third kappa shape index (κ3) is 6.01. The summed E-state index contributed by atoms with van der Waals surface area (Å²) >= 11 is 0. The number of nitrogens with two attached hydrogens (primary N) is 1. The lowest BCUT2D eigenvalue weighted by molar-refractivity contribution is -0.124. The quantitative estimate of drug-likeness (QED) is 0.269. The van der Waals surface area contributed by atoms with Crippen molar-refractivity contribution in [3.63, 3.8) is 0 Å². The van der Waals surface area contributed by atoms with Crippen LogP contribution >= 0.6 is 0 Å². The monoisotopic (exact) mass is 523 g/mol. The van der Waals surface area contributed by atoms with E-state index in [0.717, 1.165) is 50.3 Å². The first-order chi connectivity index (χ1) is 18.3. The average molecular weight is 524 g/mol. The molecule has 0 aliphatic heterocycles. The number of aromatic nitrogens is 4. The minimum Gasteiger partial charge on any atom is -0.379 e. The number of carbonyl (C=O) groups excluding carboxylic acids is 2. The van der Waals surface area contributed by atoms with E-state index in [1.165, 1.54) is 23.0 Å². The highest BCUT2D eigenvalue weighted by Crippen LogP contribution is 2.30.